The third-order valence-corrected chi connectivity index (χ3v) is 5.02. The van der Waals surface area contributed by atoms with Gasteiger partial charge < -0.3 is 0 Å². The summed E-state index contributed by atoms with van der Waals surface area (Å²) in [4.78, 5) is 26.8. The van der Waals surface area contributed by atoms with Crippen LogP contribution >= 0.6 is 46.8 Å². The lowest BCUT2D eigenvalue weighted by Gasteiger charge is -2.29. The lowest BCUT2D eigenvalue weighted by atomic mass is 10.1. The van der Waals surface area contributed by atoms with Gasteiger partial charge in [0.05, 0.1) is 15.7 Å². The number of anilines is 1. The van der Waals surface area contributed by atoms with Gasteiger partial charge in [-0.25, -0.2) is 0 Å². The van der Waals surface area contributed by atoms with Gasteiger partial charge >= 0.3 is 0 Å². The first kappa shape index (κ1) is 16.1. The topological polar surface area (TPSA) is 49.4 Å². The lowest BCUT2D eigenvalue weighted by Crippen LogP contribution is -2.54. The molecule has 3 rings (SSSR count). The van der Waals surface area contributed by atoms with E-state index in [2.05, 4.69) is 5.32 Å². The summed E-state index contributed by atoms with van der Waals surface area (Å²) in [5.74, 6) is -1.08. The highest BCUT2D eigenvalue weighted by Crippen LogP contribution is 2.34. The van der Waals surface area contributed by atoms with E-state index in [1.807, 2.05) is 17.5 Å². The molecule has 0 saturated carbocycles. The predicted molar refractivity (Wildman–Crippen MR) is 97.0 cm³/mol. The molecule has 4 nitrogen and oxygen atoms in total. The molecule has 1 aliphatic heterocycles. The van der Waals surface area contributed by atoms with Gasteiger partial charge in [0.15, 0.2) is 5.11 Å². The van der Waals surface area contributed by atoms with Crippen molar-refractivity contribution < 1.29 is 9.59 Å². The maximum atomic E-state index is 12.7. The van der Waals surface area contributed by atoms with Crippen molar-refractivity contribution in [3.63, 3.8) is 0 Å². The maximum absolute atomic E-state index is 12.7. The third kappa shape index (κ3) is 3.03. The number of benzene rings is 1. The largest absolute Gasteiger partial charge is 0.298 e. The van der Waals surface area contributed by atoms with Crippen LogP contribution in [0.4, 0.5) is 5.69 Å². The summed E-state index contributed by atoms with van der Waals surface area (Å²) in [6.45, 7) is 0. The van der Waals surface area contributed by atoms with E-state index < -0.39 is 11.8 Å². The Balaban J connectivity index is 2.07. The second-order valence-corrected chi connectivity index (χ2v) is 6.70. The number of halogens is 2. The predicted octanol–water partition coefficient (Wildman–Crippen LogP) is 3.89. The molecule has 0 radical (unpaired) electrons. The van der Waals surface area contributed by atoms with E-state index in [1.165, 1.54) is 22.3 Å². The molecule has 2 heterocycles. The van der Waals surface area contributed by atoms with Crippen molar-refractivity contribution in [2.24, 2.45) is 0 Å². The zero-order valence-electron chi connectivity index (χ0n) is 11.4. The summed E-state index contributed by atoms with van der Waals surface area (Å²) in [5, 5.41) is 4.80. The normalized spacial score (nSPS) is 16.9. The van der Waals surface area contributed by atoms with E-state index in [4.69, 9.17) is 35.4 Å². The van der Waals surface area contributed by atoms with Crippen LogP contribution in [-0.2, 0) is 9.59 Å². The first-order valence-electron chi connectivity index (χ1n) is 6.38. The number of nitrogens with zero attached hydrogens (tertiary/aromatic N) is 1. The summed E-state index contributed by atoms with van der Waals surface area (Å²) in [6, 6.07) is 8.50. The van der Waals surface area contributed by atoms with Crippen LogP contribution in [0.1, 0.15) is 4.88 Å². The fourth-order valence-electron chi connectivity index (χ4n) is 2.06. The van der Waals surface area contributed by atoms with E-state index in [0.29, 0.717) is 10.7 Å². The minimum absolute atomic E-state index is 0.0166. The second-order valence-electron chi connectivity index (χ2n) is 4.55. The van der Waals surface area contributed by atoms with Crippen LogP contribution in [0.3, 0.4) is 0 Å². The third-order valence-electron chi connectivity index (χ3n) is 3.10. The van der Waals surface area contributed by atoms with E-state index in [1.54, 1.807) is 18.2 Å². The molecule has 23 heavy (non-hydrogen) atoms. The Morgan fingerprint density at radius 1 is 1.17 bits per heavy atom. The van der Waals surface area contributed by atoms with Gasteiger partial charge in [-0.2, -0.15) is 0 Å². The van der Waals surface area contributed by atoms with Crippen molar-refractivity contribution in [2.45, 2.75) is 0 Å². The molecular weight excluding hydrogens is 375 g/mol. The number of thiocarbonyl (C=S) groups is 1. The lowest BCUT2D eigenvalue weighted by molar-refractivity contribution is -0.122. The summed E-state index contributed by atoms with van der Waals surface area (Å²) >= 11 is 18.7. The van der Waals surface area contributed by atoms with Crippen LogP contribution in [0.5, 0.6) is 0 Å². The van der Waals surface area contributed by atoms with Crippen molar-refractivity contribution in [3.05, 3.63) is 56.2 Å². The van der Waals surface area contributed by atoms with Crippen molar-refractivity contribution in [3.8, 4) is 0 Å². The molecule has 1 N–H and O–H groups in total. The van der Waals surface area contributed by atoms with Crippen LogP contribution < -0.4 is 10.2 Å². The van der Waals surface area contributed by atoms with Crippen molar-refractivity contribution in [1.29, 1.82) is 0 Å². The monoisotopic (exact) mass is 382 g/mol. The SMILES string of the molecule is O=C1NC(=S)N(c2cccc(Cl)c2Cl)C(=O)C1=Cc1cccs1. The average molecular weight is 383 g/mol. The fourth-order valence-corrected chi connectivity index (χ4v) is 3.37. The van der Waals surface area contributed by atoms with Crippen LogP contribution in [0.15, 0.2) is 41.3 Å². The molecule has 116 valence electrons. The Hall–Kier alpha value is -1.73. The summed E-state index contributed by atoms with van der Waals surface area (Å²) < 4.78 is 0. The molecule has 0 aliphatic carbocycles. The molecule has 2 aromatic rings. The second kappa shape index (κ2) is 6.41. The Bertz CT molecular complexity index is 847. The Morgan fingerprint density at radius 2 is 1.96 bits per heavy atom. The van der Waals surface area contributed by atoms with E-state index in [-0.39, 0.29) is 15.7 Å². The number of rotatable bonds is 2. The zero-order chi connectivity index (χ0) is 16.6. The van der Waals surface area contributed by atoms with Gasteiger partial charge in [0.2, 0.25) is 0 Å². The van der Waals surface area contributed by atoms with Gasteiger partial charge in [-0.1, -0.05) is 35.3 Å². The Morgan fingerprint density at radius 3 is 2.65 bits per heavy atom. The molecule has 0 bridgehead atoms. The number of amides is 2. The highest BCUT2D eigenvalue weighted by Gasteiger charge is 2.35. The van der Waals surface area contributed by atoms with Gasteiger partial charge in [0.1, 0.15) is 5.57 Å². The standard InChI is InChI=1S/C15H8Cl2N2O2S2/c16-10-4-1-5-11(12(10)17)19-14(21)9(13(20)18-15(19)22)7-8-3-2-6-23-8/h1-7H,(H,18,20,22). The summed E-state index contributed by atoms with van der Waals surface area (Å²) in [5.41, 5.74) is 0.309. The average Bonchev–Trinajstić information content (AvgIpc) is 3.01. The van der Waals surface area contributed by atoms with Gasteiger partial charge in [-0.3, -0.25) is 19.8 Å². The molecule has 2 amide bonds. The van der Waals surface area contributed by atoms with E-state index in [0.717, 1.165) is 4.88 Å². The van der Waals surface area contributed by atoms with Crippen LogP contribution in [0.2, 0.25) is 10.0 Å². The van der Waals surface area contributed by atoms with E-state index in [9.17, 15) is 9.59 Å². The number of thiophene rings is 1. The zero-order valence-corrected chi connectivity index (χ0v) is 14.5. The first-order chi connectivity index (χ1) is 11.0. The molecule has 1 aromatic carbocycles. The van der Waals surface area contributed by atoms with Crippen molar-refractivity contribution >= 4 is 75.4 Å². The minimum Gasteiger partial charge on any atom is -0.298 e. The van der Waals surface area contributed by atoms with Crippen LogP contribution in [0.25, 0.3) is 6.08 Å². The highest BCUT2D eigenvalue weighted by atomic mass is 35.5. The number of nitrogens with one attached hydrogen (secondary N) is 1. The molecule has 1 fully saturated rings. The fraction of sp³-hybridized carbons (Fsp3) is 0. The summed E-state index contributed by atoms with van der Waals surface area (Å²) in [7, 11) is 0. The molecule has 0 unspecified atom stereocenters. The molecular formula is C15H8Cl2N2O2S2. The van der Waals surface area contributed by atoms with Crippen molar-refractivity contribution in [1.82, 2.24) is 5.32 Å². The van der Waals surface area contributed by atoms with Crippen molar-refractivity contribution in [2.75, 3.05) is 4.90 Å². The first-order valence-corrected chi connectivity index (χ1v) is 8.42. The van der Waals surface area contributed by atoms with Crippen LogP contribution in [-0.4, -0.2) is 16.9 Å². The Kier molecular flexibility index (Phi) is 4.50. The quantitative estimate of drug-likeness (QED) is 0.486. The number of carbonyl (C=O) groups is 2. The number of hydrogen-bond donors (Lipinski definition) is 1. The smallest absolute Gasteiger partial charge is 0.270 e. The van der Waals surface area contributed by atoms with E-state index >= 15 is 0 Å². The van der Waals surface area contributed by atoms with Crippen LogP contribution in [0, 0.1) is 0 Å². The summed E-state index contributed by atoms with van der Waals surface area (Å²) in [6.07, 6.45) is 1.52. The number of hydrogen-bond acceptors (Lipinski definition) is 4. The minimum atomic E-state index is -0.545. The van der Waals surface area contributed by atoms with Gasteiger partial charge in [-0.05, 0) is 41.9 Å². The Labute approximate surface area is 151 Å². The van der Waals surface area contributed by atoms with Gasteiger partial charge in [0.25, 0.3) is 11.8 Å². The molecule has 0 spiro atoms. The molecule has 1 saturated heterocycles. The molecule has 0 atom stereocenters. The maximum Gasteiger partial charge on any atom is 0.270 e. The van der Waals surface area contributed by atoms with Gasteiger partial charge in [-0.15, -0.1) is 11.3 Å². The highest BCUT2D eigenvalue weighted by molar-refractivity contribution is 7.80. The van der Waals surface area contributed by atoms with Gasteiger partial charge in [0, 0.05) is 4.88 Å². The molecule has 1 aromatic heterocycles. The number of carbonyl (C=O) groups excluding carboxylic acids is 2. The molecule has 8 heteroatoms. The molecule has 1 aliphatic rings.